The SMILES string of the molecule is CC(C)(C)OC(=O)N[C@@H](Cc1ccccc1)C(=O)N1CCN(Cc2ccccc2)CC1. The Morgan fingerprint density at radius 1 is 0.903 bits per heavy atom. The maximum atomic E-state index is 13.3. The molecule has 2 aromatic rings. The molecular weight excluding hydrogens is 390 g/mol. The Balaban J connectivity index is 1.61. The highest BCUT2D eigenvalue weighted by Crippen LogP contribution is 2.13. The lowest BCUT2D eigenvalue weighted by molar-refractivity contribution is -0.135. The molecule has 0 aliphatic carbocycles. The molecule has 6 nitrogen and oxygen atoms in total. The molecule has 1 atom stereocenters. The monoisotopic (exact) mass is 423 g/mol. The fourth-order valence-electron chi connectivity index (χ4n) is 3.69. The second kappa shape index (κ2) is 10.4. The van der Waals surface area contributed by atoms with Gasteiger partial charge in [0.15, 0.2) is 0 Å². The standard InChI is InChI=1S/C25H33N3O3/c1-25(2,3)31-24(30)26-22(18-20-10-6-4-7-11-20)23(29)28-16-14-27(15-17-28)19-21-12-8-5-9-13-21/h4-13,22H,14-19H2,1-3H3,(H,26,30)/t22-/m0/s1. The van der Waals surface area contributed by atoms with Crippen molar-refractivity contribution in [1.82, 2.24) is 15.1 Å². The number of benzene rings is 2. The fourth-order valence-corrected chi connectivity index (χ4v) is 3.69. The molecule has 0 saturated carbocycles. The maximum Gasteiger partial charge on any atom is 0.408 e. The number of hydrogen-bond donors (Lipinski definition) is 1. The zero-order valence-corrected chi connectivity index (χ0v) is 18.7. The fraction of sp³-hybridized carbons (Fsp3) is 0.440. The highest BCUT2D eigenvalue weighted by Gasteiger charge is 2.30. The van der Waals surface area contributed by atoms with E-state index in [1.807, 2.05) is 74.2 Å². The van der Waals surface area contributed by atoms with Gasteiger partial charge in [0, 0.05) is 39.1 Å². The minimum atomic E-state index is -0.655. The van der Waals surface area contributed by atoms with Crippen LogP contribution in [0.1, 0.15) is 31.9 Å². The first-order valence-electron chi connectivity index (χ1n) is 10.9. The summed E-state index contributed by atoms with van der Waals surface area (Å²) in [5, 5.41) is 2.80. The van der Waals surface area contributed by atoms with Crippen LogP contribution in [0.3, 0.4) is 0 Å². The Labute approximate surface area is 185 Å². The van der Waals surface area contributed by atoms with Gasteiger partial charge in [-0.15, -0.1) is 0 Å². The van der Waals surface area contributed by atoms with Crippen LogP contribution in [-0.4, -0.2) is 59.6 Å². The van der Waals surface area contributed by atoms with Gasteiger partial charge in [-0.05, 0) is 31.9 Å². The summed E-state index contributed by atoms with van der Waals surface area (Å²) in [4.78, 5) is 29.9. The van der Waals surface area contributed by atoms with Crippen molar-refractivity contribution in [3.8, 4) is 0 Å². The van der Waals surface area contributed by atoms with Crippen LogP contribution in [0.15, 0.2) is 60.7 Å². The number of hydrogen-bond acceptors (Lipinski definition) is 4. The van der Waals surface area contributed by atoms with Crippen molar-refractivity contribution in [3.05, 3.63) is 71.8 Å². The Bertz CT molecular complexity index is 841. The van der Waals surface area contributed by atoms with Crippen LogP contribution >= 0.6 is 0 Å². The molecule has 6 heteroatoms. The lowest BCUT2D eigenvalue weighted by Crippen LogP contribution is -2.55. The average Bonchev–Trinajstić information content (AvgIpc) is 2.73. The minimum absolute atomic E-state index is 0.0610. The molecule has 1 aliphatic heterocycles. The van der Waals surface area contributed by atoms with Crippen LogP contribution in [-0.2, 0) is 22.5 Å². The molecule has 31 heavy (non-hydrogen) atoms. The van der Waals surface area contributed by atoms with E-state index in [2.05, 4.69) is 22.3 Å². The maximum absolute atomic E-state index is 13.3. The smallest absolute Gasteiger partial charge is 0.408 e. The lowest BCUT2D eigenvalue weighted by Gasteiger charge is -2.36. The van der Waals surface area contributed by atoms with E-state index in [4.69, 9.17) is 4.74 Å². The molecule has 1 saturated heterocycles. The average molecular weight is 424 g/mol. The van der Waals surface area contributed by atoms with Crippen LogP contribution in [0, 0.1) is 0 Å². The number of nitrogens with one attached hydrogen (secondary N) is 1. The van der Waals surface area contributed by atoms with E-state index >= 15 is 0 Å². The van der Waals surface area contributed by atoms with Gasteiger partial charge in [-0.1, -0.05) is 60.7 Å². The van der Waals surface area contributed by atoms with E-state index in [0.717, 1.165) is 25.2 Å². The van der Waals surface area contributed by atoms with Crippen molar-refractivity contribution in [2.45, 2.75) is 45.4 Å². The van der Waals surface area contributed by atoms with E-state index in [1.165, 1.54) is 5.56 Å². The number of carbonyl (C=O) groups excluding carboxylic acids is 2. The van der Waals surface area contributed by atoms with E-state index < -0.39 is 17.7 Å². The number of piperazine rings is 1. The van der Waals surface area contributed by atoms with Gasteiger partial charge in [0.05, 0.1) is 0 Å². The molecule has 0 aromatic heterocycles. The van der Waals surface area contributed by atoms with Crippen LogP contribution in [0.4, 0.5) is 4.79 Å². The van der Waals surface area contributed by atoms with Gasteiger partial charge in [-0.25, -0.2) is 4.79 Å². The predicted octanol–water partition coefficient (Wildman–Crippen LogP) is 3.47. The van der Waals surface area contributed by atoms with E-state index in [0.29, 0.717) is 19.5 Å². The molecule has 0 unspecified atom stereocenters. The first-order chi connectivity index (χ1) is 14.8. The number of carbonyl (C=O) groups is 2. The highest BCUT2D eigenvalue weighted by atomic mass is 16.6. The molecule has 1 heterocycles. The molecule has 0 radical (unpaired) electrons. The number of ether oxygens (including phenoxy) is 1. The second-order valence-electron chi connectivity index (χ2n) is 8.98. The molecule has 0 bridgehead atoms. The number of alkyl carbamates (subject to hydrolysis) is 1. The van der Waals surface area contributed by atoms with Crippen molar-refractivity contribution >= 4 is 12.0 Å². The first kappa shape index (κ1) is 22.8. The topological polar surface area (TPSA) is 61.9 Å². The quantitative estimate of drug-likeness (QED) is 0.773. The molecule has 1 aliphatic rings. The third-order valence-electron chi connectivity index (χ3n) is 5.20. The van der Waals surface area contributed by atoms with Gasteiger partial charge in [0.25, 0.3) is 0 Å². The molecule has 3 rings (SSSR count). The van der Waals surface area contributed by atoms with Gasteiger partial charge < -0.3 is 15.0 Å². The number of amides is 2. The van der Waals surface area contributed by atoms with Crippen molar-refractivity contribution in [2.24, 2.45) is 0 Å². The van der Waals surface area contributed by atoms with Crippen molar-refractivity contribution in [3.63, 3.8) is 0 Å². The predicted molar refractivity (Wildman–Crippen MR) is 122 cm³/mol. The van der Waals surface area contributed by atoms with Crippen molar-refractivity contribution < 1.29 is 14.3 Å². The van der Waals surface area contributed by atoms with Gasteiger partial charge in [0.1, 0.15) is 11.6 Å². The minimum Gasteiger partial charge on any atom is -0.444 e. The van der Waals surface area contributed by atoms with E-state index in [1.54, 1.807) is 0 Å². The van der Waals surface area contributed by atoms with Crippen LogP contribution in [0.2, 0.25) is 0 Å². The molecule has 2 amide bonds. The largest absolute Gasteiger partial charge is 0.444 e. The van der Waals surface area contributed by atoms with Crippen molar-refractivity contribution in [1.29, 1.82) is 0 Å². The van der Waals surface area contributed by atoms with E-state index in [-0.39, 0.29) is 5.91 Å². The summed E-state index contributed by atoms with van der Waals surface area (Å²) in [7, 11) is 0. The zero-order valence-electron chi connectivity index (χ0n) is 18.7. The third-order valence-corrected chi connectivity index (χ3v) is 5.20. The van der Waals surface area contributed by atoms with Gasteiger partial charge in [0.2, 0.25) is 5.91 Å². The summed E-state index contributed by atoms with van der Waals surface area (Å²) in [5.74, 6) is -0.0610. The Morgan fingerprint density at radius 2 is 1.45 bits per heavy atom. The van der Waals surface area contributed by atoms with Crippen LogP contribution in [0.5, 0.6) is 0 Å². The first-order valence-corrected chi connectivity index (χ1v) is 10.9. The molecular formula is C25H33N3O3. The highest BCUT2D eigenvalue weighted by molar-refractivity contribution is 5.86. The van der Waals surface area contributed by atoms with Gasteiger partial charge in [-0.2, -0.15) is 0 Å². The van der Waals surface area contributed by atoms with Gasteiger partial charge in [-0.3, -0.25) is 9.69 Å². The van der Waals surface area contributed by atoms with E-state index in [9.17, 15) is 9.59 Å². The number of nitrogens with zero attached hydrogens (tertiary/aromatic N) is 2. The summed E-state index contributed by atoms with van der Waals surface area (Å²) >= 11 is 0. The Kier molecular flexibility index (Phi) is 7.69. The molecule has 1 fully saturated rings. The second-order valence-corrected chi connectivity index (χ2v) is 8.98. The van der Waals surface area contributed by atoms with Crippen molar-refractivity contribution in [2.75, 3.05) is 26.2 Å². The zero-order chi connectivity index (χ0) is 22.3. The number of rotatable bonds is 6. The summed E-state index contributed by atoms with van der Waals surface area (Å²) in [6.45, 7) is 9.23. The molecule has 2 aromatic carbocycles. The Morgan fingerprint density at radius 3 is 2.00 bits per heavy atom. The Hall–Kier alpha value is -2.86. The molecule has 0 spiro atoms. The normalized spacial score (nSPS) is 15.9. The van der Waals surface area contributed by atoms with Crippen LogP contribution < -0.4 is 5.32 Å². The summed E-state index contributed by atoms with van der Waals surface area (Å²) in [6, 6.07) is 19.5. The molecule has 166 valence electrons. The summed E-state index contributed by atoms with van der Waals surface area (Å²) in [6.07, 6.45) is -0.132. The summed E-state index contributed by atoms with van der Waals surface area (Å²) < 4.78 is 5.40. The molecule has 1 N–H and O–H groups in total. The van der Waals surface area contributed by atoms with Gasteiger partial charge >= 0.3 is 6.09 Å². The third kappa shape index (κ3) is 7.40. The lowest BCUT2D eigenvalue weighted by atomic mass is 10.0. The van der Waals surface area contributed by atoms with Crippen LogP contribution in [0.25, 0.3) is 0 Å². The summed E-state index contributed by atoms with van der Waals surface area (Å²) in [5.41, 5.74) is 1.66.